The van der Waals surface area contributed by atoms with Crippen molar-refractivity contribution in [1.82, 2.24) is 0 Å². The minimum atomic E-state index is -1.58. The number of rotatable bonds is 4. The molecule has 0 spiro atoms. The van der Waals surface area contributed by atoms with Crippen LogP contribution in [0.4, 0.5) is 34.1 Å². The summed E-state index contributed by atoms with van der Waals surface area (Å²) in [6.07, 6.45) is 0. The maximum atomic E-state index is 2.58. The summed E-state index contributed by atoms with van der Waals surface area (Å²) in [7, 11) is -3.03. The van der Waals surface area contributed by atoms with Gasteiger partial charge < -0.3 is 9.80 Å². The first kappa shape index (κ1) is 31.8. The Kier molecular flexibility index (Phi) is 7.35. The van der Waals surface area contributed by atoms with Gasteiger partial charge in [0.15, 0.2) is 0 Å². The van der Waals surface area contributed by atoms with Crippen LogP contribution < -0.4 is 36.6 Å². The number of hydrogen-bond donors (Lipinski definition) is 0. The van der Waals surface area contributed by atoms with E-state index in [9.17, 15) is 0 Å². The molecule has 0 saturated heterocycles. The Bertz CT molecular complexity index is 2010. The lowest BCUT2D eigenvalue weighted by atomic mass is 9.33. The Hall–Kier alpha value is -3.80. The molecule has 0 aliphatic carbocycles. The Morgan fingerprint density at radius 2 is 0.936 bits per heavy atom. The normalized spacial score (nSPS) is 14.1. The quantitative estimate of drug-likeness (QED) is 0.176. The first-order valence-electron chi connectivity index (χ1n) is 17.2. The Morgan fingerprint density at radius 3 is 1.45 bits per heavy atom. The van der Waals surface area contributed by atoms with Gasteiger partial charge in [-0.05, 0) is 89.7 Å². The molecule has 5 heteroatoms. The molecule has 0 aromatic heterocycles. The van der Waals surface area contributed by atoms with Crippen molar-refractivity contribution >= 4 is 83.7 Å². The van der Waals surface area contributed by atoms with E-state index in [4.69, 9.17) is 0 Å². The summed E-state index contributed by atoms with van der Waals surface area (Å²) < 4.78 is 0. The smallest absolute Gasteiger partial charge is 0.252 e. The van der Waals surface area contributed by atoms with E-state index >= 15 is 0 Å². The van der Waals surface area contributed by atoms with Crippen LogP contribution in [0.15, 0.2) is 97.1 Å². The second kappa shape index (κ2) is 10.9. The number of benzene rings is 5. The van der Waals surface area contributed by atoms with Gasteiger partial charge in [0.1, 0.15) is 0 Å². The molecule has 0 N–H and O–H groups in total. The second-order valence-corrected chi connectivity index (χ2v) is 27.2. The van der Waals surface area contributed by atoms with Crippen molar-refractivity contribution in [3.8, 4) is 0 Å². The topological polar surface area (TPSA) is 6.48 Å². The Balaban J connectivity index is 1.61. The van der Waals surface area contributed by atoms with Crippen LogP contribution in [-0.2, 0) is 5.41 Å². The second-order valence-electron chi connectivity index (χ2n) is 17.0. The maximum Gasteiger partial charge on any atom is 0.252 e. The summed E-state index contributed by atoms with van der Waals surface area (Å²) in [6, 6.07) is 38.1. The van der Waals surface area contributed by atoms with Crippen molar-refractivity contribution in [3.63, 3.8) is 0 Å². The van der Waals surface area contributed by atoms with E-state index in [1.54, 1.807) is 0 Å². The molecular weight excluding hydrogens is 599 g/mol. The monoisotopic (exact) mass is 648 g/mol. The fraction of sp³-hybridized carbons (Fsp3) is 0.286. The third kappa shape index (κ3) is 5.42. The molecule has 0 unspecified atom stereocenters. The van der Waals surface area contributed by atoms with Gasteiger partial charge >= 0.3 is 0 Å². The molecule has 0 amide bonds. The average molecular weight is 649 g/mol. The van der Waals surface area contributed by atoms with E-state index in [-0.39, 0.29) is 12.1 Å². The van der Waals surface area contributed by atoms with E-state index in [0.717, 1.165) is 0 Å². The molecule has 2 aliphatic rings. The van der Waals surface area contributed by atoms with Crippen LogP contribution in [0.25, 0.3) is 0 Å². The maximum absolute atomic E-state index is 2.58. The van der Waals surface area contributed by atoms with Gasteiger partial charge in [-0.15, -0.1) is 0 Å². The van der Waals surface area contributed by atoms with Crippen LogP contribution >= 0.6 is 0 Å². The molecule has 238 valence electrons. The van der Waals surface area contributed by atoms with Crippen LogP contribution in [0.5, 0.6) is 0 Å². The Labute approximate surface area is 285 Å². The lowest BCUT2D eigenvalue weighted by molar-refractivity contribution is 0.590. The molecule has 7 rings (SSSR count). The van der Waals surface area contributed by atoms with Gasteiger partial charge in [-0.1, -0.05) is 130 Å². The van der Waals surface area contributed by atoms with Crippen molar-refractivity contribution in [3.05, 3.63) is 114 Å². The molecule has 0 fully saturated rings. The van der Waals surface area contributed by atoms with Crippen molar-refractivity contribution < 1.29 is 0 Å². The fourth-order valence-electron chi connectivity index (χ4n) is 7.39. The van der Waals surface area contributed by atoms with Gasteiger partial charge in [-0.2, -0.15) is 0 Å². The van der Waals surface area contributed by atoms with E-state index in [1.807, 2.05) is 0 Å². The summed E-state index contributed by atoms with van der Waals surface area (Å²) in [4.78, 5) is 5.12. The minimum absolute atomic E-state index is 0.0249. The molecule has 0 saturated carbocycles. The molecular formula is C42H49BN2Si2. The highest BCUT2D eigenvalue weighted by Gasteiger charge is 2.44. The van der Waals surface area contributed by atoms with Crippen LogP contribution in [-0.4, -0.2) is 22.9 Å². The lowest BCUT2D eigenvalue weighted by Crippen LogP contribution is -2.62. The van der Waals surface area contributed by atoms with E-state index < -0.39 is 16.1 Å². The van der Waals surface area contributed by atoms with Crippen molar-refractivity contribution in [2.45, 2.75) is 79.3 Å². The van der Waals surface area contributed by atoms with Crippen molar-refractivity contribution in [1.29, 1.82) is 0 Å². The zero-order valence-corrected chi connectivity index (χ0v) is 32.2. The summed E-state index contributed by atoms with van der Waals surface area (Å²) in [6.45, 7) is 26.3. The molecule has 47 heavy (non-hydrogen) atoms. The number of fused-ring (bicyclic) bond motifs is 4. The first-order chi connectivity index (χ1) is 22.0. The molecule has 0 radical (unpaired) electrons. The van der Waals surface area contributed by atoms with Gasteiger partial charge in [-0.3, -0.25) is 0 Å². The molecule has 2 nitrogen and oxygen atoms in total. The van der Waals surface area contributed by atoms with Crippen LogP contribution in [0, 0.1) is 13.8 Å². The standard InChI is InChI=1S/C42H49BN2Si2/c1-28-12-15-31(16-13-28)44-37-22-14-29(2)24-35(37)43-36-27-34(47(9,10)11)21-23-38(36)45(32-17-19-33(20-18-32)46(6,7)8)40-26-30(42(3,4)5)25-39(44)41(40)43/h12-27H,1-11H3. The van der Waals surface area contributed by atoms with E-state index in [0.29, 0.717) is 0 Å². The SMILES string of the molecule is Cc1ccc(N2c3ccc(C)cc3B3c4cc([Si](C)(C)C)ccc4N(c4ccc([Si](C)(C)C)cc4)c4cc(C(C)(C)C)cc2c43)cc1. The van der Waals surface area contributed by atoms with Crippen LogP contribution in [0.1, 0.15) is 37.5 Å². The Morgan fingerprint density at radius 1 is 0.489 bits per heavy atom. The third-order valence-corrected chi connectivity index (χ3v) is 14.3. The van der Waals surface area contributed by atoms with E-state index in [1.165, 1.54) is 77.6 Å². The molecule has 5 aromatic carbocycles. The molecule has 0 bridgehead atoms. The lowest BCUT2D eigenvalue weighted by Gasteiger charge is -2.45. The zero-order valence-electron chi connectivity index (χ0n) is 30.2. The largest absolute Gasteiger partial charge is 0.311 e. The highest BCUT2D eigenvalue weighted by molar-refractivity contribution is 7.01. The van der Waals surface area contributed by atoms with Gasteiger partial charge in [0.05, 0.1) is 16.1 Å². The summed E-state index contributed by atoms with van der Waals surface area (Å²) in [5.41, 5.74) is 15.8. The highest BCUT2D eigenvalue weighted by Crippen LogP contribution is 2.45. The van der Waals surface area contributed by atoms with Crippen LogP contribution in [0.3, 0.4) is 0 Å². The number of hydrogen-bond acceptors (Lipinski definition) is 2. The number of nitrogens with zero attached hydrogens (tertiary/aromatic N) is 2. The fourth-order valence-corrected chi connectivity index (χ4v) is 9.72. The van der Waals surface area contributed by atoms with Crippen molar-refractivity contribution in [2.24, 2.45) is 0 Å². The summed E-state index contributed by atoms with van der Waals surface area (Å²) >= 11 is 0. The van der Waals surface area contributed by atoms with Gasteiger partial charge in [0.2, 0.25) is 0 Å². The van der Waals surface area contributed by atoms with Crippen molar-refractivity contribution in [2.75, 3.05) is 9.80 Å². The van der Waals surface area contributed by atoms with E-state index in [2.05, 4.69) is 181 Å². The van der Waals surface area contributed by atoms with Crippen LogP contribution in [0.2, 0.25) is 39.3 Å². The van der Waals surface area contributed by atoms with Gasteiger partial charge in [0, 0.05) is 34.1 Å². The molecule has 2 heterocycles. The van der Waals surface area contributed by atoms with Gasteiger partial charge in [-0.25, -0.2) is 0 Å². The average Bonchev–Trinajstić information content (AvgIpc) is 3.00. The molecule has 5 aromatic rings. The minimum Gasteiger partial charge on any atom is -0.311 e. The predicted molar refractivity (Wildman–Crippen MR) is 215 cm³/mol. The first-order valence-corrected chi connectivity index (χ1v) is 24.2. The molecule has 0 atom stereocenters. The summed E-state index contributed by atoms with van der Waals surface area (Å²) in [5, 5.41) is 3.00. The number of aryl methyl sites for hydroxylation is 2. The van der Waals surface area contributed by atoms with Gasteiger partial charge in [0.25, 0.3) is 6.71 Å². The number of anilines is 6. The summed E-state index contributed by atoms with van der Waals surface area (Å²) in [5.74, 6) is 0. The highest BCUT2D eigenvalue weighted by atomic mass is 28.3. The predicted octanol–water partition coefficient (Wildman–Crippen LogP) is 8.77. The zero-order chi connectivity index (χ0) is 33.6. The third-order valence-electron chi connectivity index (χ3n) is 10.2. The molecule has 2 aliphatic heterocycles.